The highest BCUT2D eigenvalue weighted by Gasteiger charge is 2.11. The van der Waals surface area contributed by atoms with Gasteiger partial charge in [0.1, 0.15) is 18.0 Å². The molecule has 0 unspecified atom stereocenters. The van der Waals surface area contributed by atoms with Crippen LogP contribution in [0.1, 0.15) is 11.1 Å². The van der Waals surface area contributed by atoms with Gasteiger partial charge in [0.15, 0.2) is 0 Å². The number of ether oxygens (including phenoxy) is 1. The molecule has 0 amide bonds. The van der Waals surface area contributed by atoms with Gasteiger partial charge in [0, 0.05) is 17.8 Å². The zero-order valence-electron chi connectivity index (χ0n) is 13.4. The first-order valence-electron chi connectivity index (χ1n) is 7.77. The van der Waals surface area contributed by atoms with E-state index in [0.717, 1.165) is 11.1 Å². The minimum atomic E-state index is -0.440. The molecule has 0 aliphatic heterocycles. The van der Waals surface area contributed by atoms with Gasteiger partial charge in [0.2, 0.25) is 0 Å². The van der Waals surface area contributed by atoms with Gasteiger partial charge in [-0.05, 0) is 23.8 Å². The van der Waals surface area contributed by atoms with Gasteiger partial charge in [-0.25, -0.2) is 4.99 Å². The van der Waals surface area contributed by atoms with E-state index >= 15 is 0 Å². The molecular weight excluding hydrogens is 316 g/mol. The number of nitro benzene ring substituents is 1. The first kappa shape index (κ1) is 16.4. The number of aliphatic imine (C=N–C) groups is 1. The van der Waals surface area contributed by atoms with E-state index in [2.05, 4.69) is 4.99 Å². The lowest BCUT2D eigenvalue weighted by molar-refractivity contribution is -0.384. The van der Waals surface area contributed by atoms with Crippen LogP contribution in [-0.2, 0) is 6.61 Å². The molecule has 0 N–H and O–H groups in total. The molecule has 124 valence electrons. The maximum atomic E-state index is 11.1. The Labute approximate surface area is 145 Å². The van der Waals surface area contributed by atoms with Crippen LogP contribution in [0.25, 0.3) is 0 Å². The summed E-state index contributed by atoms with van der Waals surface area (Å²) in [5.74, 6) is 0.675. The average Bonchev–Trinajstić information content (AvgIpc) is 2.66. The molecule has 25 heavy (non-hydrogen) atoms. The van der Waals surface area contributed by atoms with Crippen molar-refractivity contribution >= 4 is 17.6 Å². The lowest BCUT2D eigenvalue weighted by atomic mass is 10.2. The Morgan fingerprint density at radius 1 is 0.920 bits per heavy atom. The van der Waals surface area contributed by atoms with Crippen molar-refractivity contribution in [3.8, 4) is 5.75 Å². The number of para-hydroxylation sites is 3. The predicted molar refractivity (Wildman–Crippen MR) is 97.6 cm³/mol. The lowest BCUT2D eigenvalue weighted by Gasteiger charge is -2.09. The predicted octanol–water partition coefficient (Wildman–Crippen LogP) is 4.92. The van der Waals surface area contributed by atoms with Gasteiger partial charge in [-0.3, -0.25) is 10.1 Å². The Bertz CT molecular complexity index is 892. The van der Waals surface area contributed by atoms with Crippen LogP contribution in [0.2, 0.25) is 0 Å². The van der Waals surface area contributed by atoms with Crippen molar-refractivity contribution in [2.75, 3.05) is 0 Å². The Morgan fingerprint density at radius 3 is 2.40 bits per heavy atom. The highest BCUT2D eigenvalue weighted by Crippen LogP contribution is 2.27. The molecule has 5 nitrogen and oxygen atoms in total. The minimum Gasteiger partial charge on any atom is -0.488 e. The van der Waals surface area contributed by atoms with Crippen molar-refractivity contribution in [3.05, 3.63) is 100 Å². The van der Waals surface area contributed by atoms with Gasteiger partial charge in [-0.15, -0.1) is 0 Å². The third-order valence-electron chi connectivity index (χ3n) is 3.58. The molecule has 0 radical (unpaired) electrons. The first-order valence-corrected chi connectivity index (χ1v) is 7.77. The van der Waals surface area contributed by atoms with Gasteiger partial charge >= 0.3 is 0 Å². The molecule has 0 atom stereocenters. The first-order chi connectivity index (χ1) is 12.2. The van der Waals surface area contributed by atoms with Crippen molar-refractivity contribution < 1.29 is 9.66 Å². The van der Waals surface area contributed by atoms with E-state index in [9.17, 15) is 10.1 Å². The maximum Gasteiger partial charge on any atom is 0.294 e. The second-order valence-corrected chi connectivity index (χ2v) is 5.32. The molecule has 0 saturated heterocycles. The average molecular weight is 332 g/mol. The zero-order chi connectivity index (χ0) is 17.5. The molecule has 3 aromatic rings. The van der Waals surface area contributed by atoms with Gasteiger partial charge in [-0.2, -0.15) is 0 Å². The van der Waals surface area contributed by atoms with Crippen LogP contribution in [0.3, 0.4) is 0 Å². The van der Waals surface area contributed by atoms with Crippen LogP contribution < -0.4 is 4.74 Å². The molecule has 0 saturated carbocycles. The summed E-state index contributed by atoms with van der Waals surface area (Å²) in [6, 6.07) is 23.7. The fraction of sp³-hybridized carbons (Fsp3) is 0.0500. The standard InChI is InChI=1S/C20H16N2O3/c23-22(24)19-12-6-5-11-18(19)21-14-17-10-4-7-13-20(17)25-15-16-8-2-1-3-9-16/h1-14H,15H2. The van der Waals surface area contributed by atoms with Crippen LogP contribution in [0.5, 0.6) is 5.75 Å². The second-order valence-electron chi connectivity index (χ2n) is 5.32. The summed E-state index contributed by atoms with van der Waals surface area (Å²) in [5.41, 5.74) is 2.11. The SMILES string of the molecule is O=[N+]([O-])c1ccccc1N=Cc1ccccc1OCc1ccccc1. The van der Waals surface area contributed by atoms with E-state index in [1.165, 1.54) is 6.07 Å². The summed E-state index contributed by atoms with van der Waals surface area (Å²) in [4.78, 5) is 14.9. The van der Waals surface area contributed by atoms with E-state index in [4.69, 9.17) is 4.74 Å². The van der Waals surface area contributed by atoms with Crippen LogP contribution in [0.4, 0.5) is 11.4 Å². The monoisotopic (exact) mass is 332 g/mol. The second kappa shape index (κ2) is 7.88. The molecule has 0 fully saturated rings. The van der Waals surface area contributed by atoms with E-state index in [-0.39, 0.29) is 5.69 Å². The van der Waals surface area contributed by atoms with Crippen molar-refractivity contribution in [2.24, 2.45) is 4.99 Å². The van der Waals surface area contributed by atoms with E-state index < -0.39 is 4.92 Å². The molecule has 0 aromatic heterocycles. The van der Waals surface area contributed by atoms with Crippen molar-refractivity contribution in [1.29, 1.82) is 0 Å². The van der Waals surface area contributed by atoms with E-state index in [0.29, 0.717) is 18.0 Å². The van der Waals surface area contributed by atoms with E-state index in [1.807, 2.05) is 54.6 Å². The number of nitrogens with zero attached hydrogens (tertiary/aromatic N) is 2. The molecule has 0 aliphatic rings. The van der Waals surface area contributed by atoms with Gasteiger partial charge in [0.05, 0.1) is 4.92 Å². The van der Waals surface area contributed by atoms with Crippen LogP contribution in [-0.4, -0.2) is 11.1 Å². The van der Waals surface area contributed by atoms with Gasteiger partial charge in [-0.1, -0.05) is 54.6 Å². The Balaban J connectivity index is 1.80. The van der Waals surface area contributed by atoms with E-state index in [1.54, 1.807) is 24.4 Å². The molecule has 5 heteroatoms. The Kier molecular flexibility index (Phi) is 5.16. The van der Waals surface area contributed by atoms with Gasteiger partial charge < -0.3 is 4.74 Å². The zero-order valence-corrected chi connectivity index (χ0v) is 13.4. The van der Waals surface area contributed by atoms with Crippen molar-refractivity contribution in [2.45, 2.75) is 6.61 Å². The van der Waals surface area contributed by atoms with Crippen molar-refractivity contribution in [3.63, 3.8) is 0 Å². The number of hydrogen-bond acceptors (Lipinski definition) is 4. The quantitative estimate of drug-likeness (QED) is 0.365. The molecule has 0 spiro atoms. The van der Waals surface area contributed by atoms with Crippen molar-refractivity contribution in [1.82, 2.24) is 0 Å². The third kappa shape index (κ3) is 4.29. The minimum absolute atomic E-state index is 0.0264. The summed E-state index contributed by atoms with van der Waals surface area (Å²) in [6.07, 6.45) is 1.59. The number of benzene rings is 3. The molecular formula is C20H16N2O3. The third-order valence-corrected chi connectivity index (χ3v) is 3.58. The normalized spacial score (nSPS) is 10.7. The summed E-state index contributed by atoms with van der Waals surface area (Å²) in [6.45, 7) is 0.442. The summed E-state index contributed by atoms with van der Waals surface area (Å²) >= 11 is 0. The molecule has 0 aliphatic carbocycles. The smallest absolute Gasteiger partial charge is 0.294 e. The molecule has 3 rings (SSSR count). The molecule has 3 aromatic carbocycles. The topological polar surface area (TPSA) is 64.7 Å². The number of nitro groups is 1. The highest BCUT2D eigenvalue weighted by molar-refractivity contribution is 5.86. The maximum absolute atomic E-state index is 11.1. The lowest BCUT2D eigenvalue weighted by Crippen LogP contribution is -1.98. The fourth-order valence-electron chi connectivity index (χ4n) is 2.32. The van der Waals surface area contributed by atoms with Crippen LogP contribution in [0, 0.1) is 10.1 Å². The fourth-order valence-corrected chi connectivity index (χ4v) is 2.32. The summed E-state index contributed by atoms with van der Waals surface area (Å²) < 4.78 is 5.86. The molecule has 0 bridgehead atoms. The van der Waals surface area contributed by atoms with Gasteiger partial charge in [0.25, 0.3) is 5.69 Å². The Hall–Kier alpha value is -3.47. The number of rotatable bonds is 6. The van der Waals surface area contributed by atoms with Crippen LogP contribution in [0.15, 0.2) is 83.9 Å². The molecule has 0 heterocycles. The van der Waals surface area contributed by atoms with Crippen LogP contribution >= 0.6 is 0 Å². The Morgan fingerprint density at radius 2 is 1.60 bits per heavy atom. The highest BCUT2D eigenvalue weighted by atomic mass is 16.6. The summed E-state index contributed by atoms with van der Waals surface area (Å²) in [5, 5.41) is 11.1. The summed E-state index contributed by atoms with van der Waals surface area (Å²) in [7, 11) is 0. The number of hydrogen-bond donors (Lipinski definition) is 0. The largest absolute Gasteiger partial charge is 0.488 e.